The van der Waals surface area contributed by atoms with Crippen molar-refractivity contribution < 1.29 is 23.5 Å². The lowest BCUT2D eigenvalue weighted by Gasteiger charge is -2.14. The maximum Gasteiger partial charge on any atom is 0.336 e. The van der Waals surface area contributed by atoms with Crippen LogP contribution in [-0.2, 0) is 13.0 Å². The number of benzene rings is 2. The monoisotopic (exact) mass is 459 g/mol. The second kappa shape index (κ2) is 10.4. The van der Waals surface area contributed by atoms with Gasteiger partial charge in [-0.2, -0.15) is 0 Å². The smallest absolute Gasteiger partial charge is 0.336 e. The maximum absolute atomic E-state index is 12.3. The van der Waals surface area contributed by atoms with Crippen molar-refractivity contribution in [2.45, 2.75) is 52.6 Å². The third-order valence-corrected chi connectivity index (χ3v) is 5.92. The van der Waals surface area contributed by atoms with E-state index in [1.165, 1.54) is 12.1 Å². The van der Waals surface area contributed by atoms with E-state index in [2.05, 4.69) is 6.92 Å². The van der Waals surface area contributed by atoms with Crippen LogP contribution < -0.4 is 15.5 Å². The quantitative estimate of drug-likeness (QED) is 0.232. The van der Waals surface area contributed by atoms with Crippen molar-refractivity contribution >= 4 is 16.9 Å². The van der Waals surface area contributed by atoms with Crippen LogP contribution in [0, 0.1) is 6.92 Å². The number of ether oxygens (including phenoxy) is 1. The number of aromatic carboxylic acids is 1. The van der Waals surface area contributed by atoms with E-state index in [4.69, 9.17) is 13.6 Å². The Balaban J connectivity index is 1.73. The number of hydrogen-bond acceptors (Lipinski definition) is 6. The summed E-state index contributed by atoms with van der Waals surface area (Å²) in [6, 6.07) is 16.5. The molecule has 0 amide bonds. The van der Waals surface area contributed by atoms with Crippen LogP contribution >= 0.6 is 0 Å². The van der Waals surface area contributed by atoms with Crippen LogP contribution in [0.5, 0.6) is 5.75 Å². The summed E-state index contributed by atoms with van der Waals surface area (Å²) in [6.07, 6.45) is 5.23. The number of fused-ring (bicyclic) bond motifs is 1. The lowest BCUT2D eigenvalue weighted by Crippen LogP contribution is -2.21. The summed E-state index contributed by atoms with van der Waals surface area (Å²) in [6.45, 7) is 3.98. The molecular weight excluding hydrogens is 432 g/mol. The molecule has 0 saturated carbocycles. The number of carboxylic acids is 1. The van der Waals surface area contributed by atoms with Gasteiger partial charge in [0.25, 0.3) is 0 Å². The van der Waals surface area contributed by atoms with E-state index in [1.807, 2.05) is 36.4 Å². The van der Waals surface area contributed by atoms with Crippen LogP contribution in [-0.4, -0.2) is 5.97 Å². The average Bonchev–Trinajstić information content (AvgIpc) is 3.21. The van der Waals surface area contributed by atoms with Gasteiger partial charge in [0.15, 0.2) is 0 Å². The van der Waals surface area contributed by atoms with Gasteiger partial charge in [-0.05, 0) is 48.6 Å². The molecule has 0 bridgehead atoms. The van der Waals surface area contributed by atoms with E-state index in [0.717, 1.165) is 54.2 Å². The maximum atomic E-state index is 12.3. The highest BCUT2D eigenvalue weighted by atomic mass is 16.5. The highest BCUT2D eigenvalue weighted by Gasteiger charge is 2.15. The number of unbranched alkanes of at least 4 members (excludes halogenated alkanes) is 3. The fourth-order valence-corrected chi connectivity index (χ4v) is 4.08. The normalized spacial score (nSPS) is 11.1. The Morgan fingerprint density at radius 1 is 0.971 bits per heavy atom. The van der Waals surface area contributed by atoms with Crippen molar-refractivity contribution in [3.63, 3.8) is 0 Å². The summed E-state index contributed by atoms with van der Waals surface area (Å²) in [5, 5.41) is 12.0. The molecule has 0 aliphatic rings. The molecule has 34 heavy (non-hydrogen) atoms. The van der Waals surface area contributed by atoms with Crippen LogP contribution in [0.15, 0.2) is 68.2 Å². The molecule has 176 valence electrons. The zero-order valence-electron chi connectivity index (χ0n) is 19.4. The Labute approximate surface area is 197 Å². The zero-order valence-corrected chi connectivity index (χ0v) is 19.4. The minimum absolute atomic E-state index is 0.124. The Morgan fingerprint density at radius 2 is 1.76 bits per heavy atom. The lowest BCUT2D eigenvalue weighted by molar-refractivity contribution is -0.257. The van der Waals surface area contributed by atoms with Gasteiger partial charge in [-0.3, -0.25) is 0 Å². The van der Waals surface area contributed by atoms with E-state index in [0.29, 0.717) is 22.7 Å². The summed E-state index contributed by atoms with van der Waals surface area (Å²) in [5.41, 5.74) is 3.40. The molecule has 0 spiro atoms. The van der Waals surface area contributed by atoms with Crippen molar-refractivity contribution in [2.75, 3.05) is 0 Å². The molecule has 4 rings (SSSR count). The number of hydrogen-bond donors (Lipinski definition) is 0. The molecule has 0 aliphatic carbocycles. The summed E-state index contributed by atoms with van der Waals surface area (Å²) in [7, 11) is 0. The minimum Gasteiger partial charge on any atom is -0.542 e. The lowest BCUT2D eigenvalue weighted by atomic mass is 9.98. The van der Waals surface area contributed by atoms with Crippen LogP contribution in [0.1, 0.15) is 60.0 Å². The fourth-order valence-electron chi connectivity index (χ4n) is 4.08. The third-order valence-electron chi connectivity index (χ3n) is 5.92. The first-order chi connectivity index (χ1) is 16.5. The molecule has 6 heteroatoms. The summed E-state index contributed by atoms with van der Waals surface area (Å²) in [5.74, 6) is -0.532. The van der Waals surface area contributed by atoms with Gasteiger partial charge in [0.05, 0.1) is 0 Å². The predicted octanol–water partition coefficient (Wildman–Crippen LogP) is 5.43. The minimum atomic E-state index is -1.37. The Kier molecular flexibility index (Phi) is 7.16. The van der Waals surface area contributed by atoms with E-state index in [1.54, 1.807) is 13.0 Å². The Bertz CT molecular complexity index is 1350. The molecule has 4 aromatic rings. The van der Waals surface area contributed by atoms with Gasteiger partial charge in [-0.15, -0.1) is 0 Å². The highest BCUT2D eigenvalue weighted by Crippen LogP contribution is 2.34. The van der Waals surface area contributed by atoms with Crippen molar-refractivity contribution in [1.29, 1.82) is 0 Å². The van der Waals surface area contributed by atoms with Crippen molar-refractivity contribution in [3.05, 3.63) is 87.7 Å². The molecule has 0 aliphatic heterocycles. The summed E-state index contributed by atoms with van der Waals surface area (Å²) >= 11 is 0. The Morgan fingerprint density at radius 3 is 2.47 bits per heavy atom. The average molecular weight is 460 g/mol. The van der Waals surface area contributed by atoms with E-state index in [-0.39, 0.29) is 12.4 Å². The molecule has 6 nitrogen and oxygen atoms in total. The van der Waals surface area contributed by atoms with E-state index < -0.39 is 11.6 Å². The second-order valence-corrected chi connectivity index (χ2v) is 8.38. The number of carbonyl (C=O) groups excluding carboxylic acids is 1. The number of aryl methyl sites for hydroxylation is 2. The fraction of sp³-hybridized carbons (Fsp3) is 0.286. The van der Waals surface area contributed by atoms with Crippen molar-refractivity contribution in [2.24, 2.45) is 0 Å². The predicted molar refractivity (Wildman–Crippen MR) is 128 cm³/mol. The highest BCUT2D eigenvalue weighted by molar-refractivity contribution is 5.94. The standard InChI is InChI=1S/C28H28O6/c1-3-4-5-7-12-20-13-23-22(19-10-8-6-9-11-19)15-27(29)34-25(23)16-24(20)32-17-21-14-26(28(30)31)33-18(21)2/h6,8-11,13-16H,3-5,7,12,17H2,1-2H3,(H,30,31)/p-1. The molecule has 0 unspecified atom stereocenters. The van der Waals surface area contributed by atoms with Crippen LogP contribution in [0.4, 0.5) is 0 Å². The molecule has 2 heterocycles. The third kappa shape index (κ3) is 5.22. The van der Waals surface area contributed by atoms with Gasteiger partial charge in [0, 0.05) is 23.1 Å². The molecular formula is C28H27O6-. The number of carboxylic acid groups (broad SMARTS) is 1. The number of carbonyl (C=O) groups is 1. The topological polar surface area (TPSA) is 92.7 Å². The summed E-state index contributed by atoms with van der Waals surface area (Å²) in [4.78, 5) is 23.4. The largest absolute Gasteiger partial charge is 0.542 e. The first kappa shape index (κ1) is 23.4. The van der Waals surface area contributed by atoms with Gasteiger partial charge >= 0.3 is 5.63 Å². The SMILES string of the molecule is CCCCCCc1cc2c(-c3ccccc3)cc(=O)oc2cc1OCc1cc(C(=O)[O-])oc1C. The first-order valence-electron chi connectivity index (χ1n) is 11.6. The molecule has 2 aromatic carbocycles. The van der Waals surface area contributed by atoms with Gasteiger partial charge in [-0.1, -0.05) is 56.5 Å². The van der Waals surface area contributed by atoms with Gasteiger partial charge in [-0.25, -0.2) is 4.79 Å². The van der Waals surface area contributed by atoms with Gasteiger partial charge < -0.3 is 23.5 Å². The second-order valence-electron chi connectivity index (χ2n) is 8.38. The number of rotatable bonds is 10. The number of furan rings is 1. The van der Waals surface area contributed by atoms with Gasteiger partial charge in [0.1, 0.15) is 35.4 Å². The van der Waals surface area contributed by atoms with Crippen LogP contribution in [0.3, 0.4) is 0 Å². The van der Waals surface area contributed by atoms with Crippen LogP contribution in [0.25, 0.3) is 22.1 Å². The first-order valence-corrected chi connectivity index (χ1v) is 11.6. The van der Waals surface area contributed by atoms with E-state index in [9.17, 15) is 14.7 Å². The summed E-state index contributed by atoms with van der Waals surface area (Å²) < 4.78 is 16.9. The molecule has 0 saturated heterocycles. The molecule has 0 N–H and O–H groups in total. The molecule has 0 atom stereocenters. The molecule has 2 aromatic heterocycles. The van der Waals surface area contributed by atoms with Crippen molar-refractivity contribution in [3.8, 4) is 16.9 Å². The van der Waals surface area contributed by atoms with Gasteiger partial charge in [0.2, 0.25) is 0 Å². The molecule has 0 radical (unpaired) electrons. The van der Waals surface area contributed by atoms with Crippen molar-refractivity contribution in [1.82, 2.24) is 0 Å². The Hall–Kier alpha value is -3.80. The van der Waals surface area contributed by atoms with E-state index >= 15 is 0 Å². The molecule has 0 fully saturated rings. The van der Waals surface area contributed by atoms with Crippen LogP contribution in [0.2, 0.25) is 0 Å². The zero-order chi connectivity index (χ0) is 24.1.